The topological polar surface area (TPSA) is 97.8 Å². The van der Waals surface area contributed by atoms with E-state index in [2.05, 4.69) is 25.3 Å². The van der Waals surface area contributed by atoms with Gasteiger partial charge >= 0.3 is 12.5 Å². The lowest BCUT2D eigenvalue weighted by molar-refractivity contribution is -0.275. The zero-order chi connectivity index (χ0) is 25.1. The van der Waals surface area contributed by atoms with Crippen LogP contribution in [0.1, 0.15) is 17.2 Å². The quantitative estimate of drug-likeness (QED) is 0.443. The molecule has 0 radical (unpaired) electrons. The Morgan fingerprint density at radius 1 is 1.21 bits per heavy atom. The fourth-order valence-corrected chi connectivity index (χ4v) is 3.22. The van der Waals surface area contributed by atoms with Gasteiger partial charge in [0.15, 0.2) is 0 Å². The van der Waals surface area contributed by atoms with E-state index >= 15 is 0 Å². The average molecular weight is 495 g/mol. The lowest BCUT2D eigenvalue weighted by Gasteiger charge is -2.31. The van der Waals surface area contributed by atoms with Gasteiger partial charge in [-0.2, -0.15) is 18.2 Å². The number of anilines is 3. The van der Waals surface area contributed by atoms with Crippen molar-refractivity contribution in [3.8, 4) is 11.5 Å². The number of halogens is 6. The average Bonchev–Trinajstić information content (AvgIpc) is 2.77. The number of aromatic nitrogens is 2. The molecule has 1 atom stereocenters. The number of nitrogens with zero attached hydrogens (tertiary/aromatic N) is 3. The first kappa shape index (κ1) is 25.1. The summed E-state index contributed by atoms with van der Waals surface area (Å²) in [4.78, 5) is 19.8. The summed E-state index contributed by atoms with van der Waals surface area (Å²) >= 11 is 0. The lowest BCUT2D eigenvalue weighted by atomic mass is 10.0. The molecule has 0 saturated carbocycles. The van der Waals surface area contributed by atoms with Crippen LogP contribution in [-0.4, -0.2) is 61.5 Å². The SMILES string of the molecule is CNc1nc(Nc2cc(OC(F)(F)F)c(C3CN(C=O)CCO3)cc2OC)ncc1C(F)(F)F. The van der Waals surface area contributed by atoms with Crippen LogP contribution in [0.2, 0.25) is 0 Å². The Balaban J connectivity index is 2.02. The number of morpholine rings is 1. The summed E-state index contributed by atoms with van der Waals surface area (Å²) in [7, 11) is 2.46. The highest BCUT2D eigenvalue weighted by molar-refractivity contribution is 5.68. The molecule has 186 valence electrons. The molecule has 2 aromatic rings. The van der Waals surface area contributed by atoms with Crippen molar-refractivity contribution in [2.24, 2.45) is 0 Å². The monoisotopic (exact) mass is 495 g/mol. The van der Waals surface area contributed by atoms with E-state index in [4.69, 9.17) is 9.47 Å². The summed E-state index contributed by atoms with van der Waals surface area (Å²) in [5, 5.41) is 4.84. The minimum Gasteiger partial charge on any atom is -0.495 e. The van der Waals surface area contributed by atoms with Crippen LogP contribution in [0.5, 0.6) is 11.5 Å². The van der Waals surface area contributed by atoms with Crippen molar-refractivity contribution in [3.63, 3.8) is 0 Å². The lowest BCUT2D eigenvalue weighted by Crippen LogP contribution is -2.37. The van der Waals surface area contributed by atoms with Gasteiger partial charge in [-0.3, -0.25) is 4.79 Å². The first-order valence-electron chi connectivity index (χ1n) is 9.62. The maximum absolute atomic E-state index is 13.1. The molecular weight excluding hydrogens is 476 g/mol. The second-order valence-electron chi connectivity index (χ2n) is 6.93. The Morgan fingerprint density at radius 2 is 1.94 bits per heavy atom. The van der Waals surface area contributed by atoms with Crippen molar-refractivity contribution in [1.29, 1.82) is 0 Å². The first-order valence-corrected chi connectivity index (χ1v) is 9.62. The van der Waals surface area contributed by atoms with E-state index in [-0.39, 0.29) is 42.6 Å². The number of alkyl halides is 6. The van der Waals surface area contributed by atoms with Crippen LogP contribution in [-0.2, 0) is 15.7 Å². The fraction of sp³-hybridized carbons (Fsp3) is 0.421. The summed E-state index contributed by atoms with van der Waals surface area (Å²) in [5.74, 6) is -1.54. The van der Waals surface area contributed by atoms with Gasteiger partial charge in [-0.25, -0.2) is 4.98 Å². The molecule has 2 N–H and O–H groups in total. The zero-order valence-corrected chi connectivity index (χ0v) is 17.8. The van der Waals surface area contributed by atoms with Gasteiger partial charge in [0.25, 0.3) is 0 Å². The molecule has 2 heterocycles. The zero-order valence-electron chi connectivity index (χ0n) is 17.8. The number of carbonyl (C=O) groups excluding carboxylic acids is 1. The normalized spacial score (nSPS) is 16.7. The molecule has 1 aliphatic heterocycles. The van der Waals surface area contributed by atoms with Gasteiger partial charge in [0.05, 0.1) is 25.9 Å². The van der Waals surface area contributed by atoms with Crippen LogP contribution in [0, 0.1) is 0 Å². The smallest absolute Gasteiger partial charge is 0.495 e. The van der Waals surface area contributed by atoms with Crippen LogP contribution in [0.3, 0.4) is 0 Å². The summed E-state index contributed by atoms with van der Waals surface area (Å²) in [6.45, 7) is 0.329. The molecule has 1 aromatic heterocycles. The van der Waals surface area contributed by atoms with Crippen molar-refractivity contribution in [1.82, 2.24) is 14.9 Å². The Bertz CT molecular complexity index is 1030. The molecule has 0 bridgehead atoms. The highest BCUT2D eigenvalue weighted by Gasteiger charge is 2.36. The number of benzene rings is 1. The Kier molecular flexibility index (Phi) is 7.24. The number of nitrogens with one attached hydrogen (secondary N) is 2. The van der Waals surface area contributed by atoms with Crippen LogP contribution < -0.4 is 20.1 Å². The van der Waals surface area contributed by atoms with Crippen LogP contribution in [0.4, 0.5) is 43.8 Å². The predicted molar refractivity (Wildman–Crippen MR) is 106 cm³/mol. The van der Waals surface area contributed by atoms with Gasteiger partial charge in [0.1, 0.15) is 29.0 Å². The maximum atomic E-state index is 13.1. The third-order valence-corrected chi connectivity index (χ3v) is 4.73. The number of ether oxygens (including phenoxy) is 3. The fourth-order valence-electron chi connectivity index (χ4n) is 3.22. The highest BCUT2D eigenvalue weighted by Crippen LogP contribution is 2.41. The largest absolute Gasteiger partial charge is 0.573 e. The van der Waals surface area contributed by atoms with Crippen molar-refractivity contribution in [2.75, 3.05) is 44.5 Å². The Labute approximate surface area is 189 Å². The predicted octanol–water partition coefficient (Wildman–Crippen LogP) is 3.72. The molecule has 9 nitrogen and oxygen atoms in total. The molecular formula is C19H19F6N5O4. The van der Waals surface area contributed by atoms with E-state index in [0.29, 0.717) is 12.6 Å². The highest BCUT2D eigenvalue weighted by atomic mass is 19.4. The number of amides is 1. The molecule has 0 aliphatic carbocycles. The van der Waals surface area contributed by atoms with Crippen molar-refractivity contribution in [2.45, 2.75) is 18.6 Å². The van der Waals surface area contributed by atoms with Crippen LogP contribution >= 0.6 is 0 Å². The van der Waals surface area contributed by atoms with Crippen LogP contribution in [0.25, 0.3) is 0 Å². The number of methoxy groups -OCH3 is 1. The van der Waals surface area contributed by atoms with E-state index in [1.807, 2.05) is 0 Å². The summed E-state index contributed by atoms with van der Waals surface area (Å²) < 4.78 is 93.5. The van der Waals surface area contributed by atoms with Gasteiger partial charge in [-0.1, -0.05) is 0 Å². The summed E-state index contributed by atoms with van der Waals surface area (Å²) in [6, 6.07) is 2.15. The van der Waals surface area contributed by atoms with Crippen LogP contribution in [0.15, 0.2) is 18.3 Å². The molecule has 1 saturated heterocycles. The second-order valence-corrected chi connectivity index (χ2v) is 6.93. The maximum Gasteiger partial charge on any atom is 0.573 e. The number of rotatable bonds is 7. The van der Waals surface area contributed by atoms with E-state index in [1.165, 1.54) is 25.1 Å². The molecule has 34 heavy (non-hydrogen) atoms. The third-order valence-electron chi connectivity index (χ3n) is 4.73. The van der Waals surface area contributed by atoms with Gasteiger partial charge in [-0.15, -0.1) is 13.2 Å². The molecule has 1 aromatic carbocycles. The summed E-state index contributed by atoms with van der Waals surface area (Å²) in [6.07, 6.45) is -9.66. The molecule has 1 amide bonds. The standard InChI is InChI=1S/C19H19F6N5O4/c1-26-16-11(18(20,21)22)7-27-17(29-16)28-12-6-13(34-19(23,24)25)10(5-14(12)32-2)15-8-30(9-31)3-4-33-15/h5-7,9,15H,3-4,8H2,1-2H3,(H2,26,27,28,29). The van der Waals surface area contributed by atoms with E-state index in [9.17, 15) is 31.1 Å². The number of carbonyl (C=O) groups is 1. The molecule has 3 rings (SSSR count). The van der Waals surface area contributed by atoms with Crippen molar-refractivity contribution in [3.05, 3.63) is 29.5 Å². The number of hydrogen-bond acceptors (Lipinski definition) is 8. The van der Waals surface area contributed by atoms with Crippen molar-refractivity contribution >= 4 is 23.9 Å². The Hall–Kier alpha value is -3.49. The van der Waals surface area contributed by atoms with E-state index in [1.54, 1.807) is 0 Å². The van der Waals surface area contributed by atoms with E-state index in [0.717, 1.165) is 6.07 Å². The molecule has 1 aliphatic rings. The van der Waals surface area contributed by atoms with Gasteiger partial charge in [0, 0.05) is 31.4 Å². The van der Waals surface area contributed by atoms with Gasteiger partial charge < -0.3 is 29.7 Å². The summed E-state index contributed by atoms with van der Waals surface area (Å²) in [5.41, 5.74) is -1.29. The third kappa shape index (κ3) is 5.89. The first-order chi connectivity index (χ1) is 15.9. The van der Waals surface area contributed by atoms with Gasteiger partial charge in [-0.05, 0) is 6.07 Å². The minimum atomic E-state index is -5.07. The molecule has 1 fully saturated rings. The molecule has 0 spiro atoms. The minimum absolute atomic E-state index is 0.00542. The van der Waals surface area contributed by atoms with Gasteiger partial charge in [0.2, 0.25) is 12.4 Å². The van der Waals surface area contributed by atoms with E-state index < -0.39 is 35.8 Å². The Morgan fingerprint density at radius 3 is 2.53 bits per heavy atom. The number of hydrogen-bond donors (Lipinski definition) is 2. The second kappa shape index (κ2) is 9.79. The van der Waals surface area contributed by atoms with Crippen molar-refractivity contribution < 1.29 is 45.3 Å². The molecule has 1 unspecified atom stereocenters. The molecule has 15 heteroatoms.